The molecule has 0 aromatic heterocycles. The Morgan fingerprint density at radius 2 is 2.09 bits per heavy atom. The largest absolute Gasteiger partial charge is 0.457 e. The SMILES string of the molecule is CC1(CCCC=O)OC=CO1. The van der Waals surface area contributed by atoms with E-state index in [1.54, 1.807) is 0 Å². The van der Waals surface area contributed by atoms with Crippen molar-refractivity contribution in [2.45, 2.75) is 32.0 Å². The zero-order chi connectivity index (χ0) is 8.16. The lowest BCUT2D eigenvalue weighted by Gasteiger charge is -2.22. The van der Waals surface area contributed by atoms with Crippen LogP contribution in [0.1, 0.15) is 26.2 Å². The van der Waals surface area contributed by atoms with Gasteiger partial charge in [0, 0.05) is 19.8 Å². The van der Waals surface area contributed by atoms with Gasteiger partial charge in [-0.25, -0.2) is 0 Å². The molecule has 0 atom stereocenters. The van der Waals surface area contributed by atoms with E-state index in [0.717, 1.165) is 19.1 Å². The molecule has 0 aliphatic carbocycles. The summed E-state index contributed by atoms with van der Waals surface area (Å²) in [6.45, 7) is 1.86. The number of hydrogen-bond acceptors (Lipinski definition) is 3. The molecule has 0 spiro atoms. The van der Waals surface area contributed by atoms with Crippen LogP contribution in [0.4, 0.5) is 0 Å². The molecule has 11 heavy (non-hydrogen) atoms. The zero-order valence-corrected chi connectivity index (χ0v) is 6.58. The molecular weight excluding hydrogens is 144 g/mol. The molecule has 1 aliphatic heterocycles. The Morgan fingerprint density at radius 1 is 1.45 bits per heavy atom. The summed E-state index contributed by atoms with van der Waals surface area (Å²) in [7, 11) is 0. The number of hydrogen-bond donors (Lipinski definition) is 0. The van der Waals surface area contributed by atoms with Crippen LogP contribution in [0.2, 0.25) is 0 Å². The molecule has 62 valence electrons. The van der Waals surface area contributed by atoms with Crippen LogP contribution in [-0.2, 0) is 14.3 Å². The fourth-order valence-electron chi connectivity index (χ4n) is 0.996. The van der Waals surface area contributed by atoms with Gasteiger partial charge in [-0.05, 0) is 6.42 Å². The standard InChI is InChI=1S/C8H12O3/c1-8(4-2-3-5-9)10-6-7-11-8/h5-7H,2-4H2,1H3. The van der Waals surface area contributed by atoms with Gasteiger partial charge in [-0.15, -0.1) is 0 Å². The molecule has 0 amide bonds. The van der Waals surface area contributed by atoms with Gasteiger partial charge in [0.1, 0.15) is 18.8 Å². The summed E-state index contributed by atoms with van der Waals surface area (Å²) in [5.41, 5.74) is 0. The average molecular weight is 156 g/mol. The Labute approximate surface area is 66.0 Å². The van der Waals surface area contributed by atoms with Gasteiger partial charge in [-0.3, -0.25) is 0 Å². The fraction of sp³-hybridized carbons (Fsp3) is 0.625. The summed E-state index contributed by atoms with van der Waals surface area (Å²) in [6, 6.07) is 0. The number of ether oxygens (including phenoxy) is 2. The quantitative estimate of drug-likeness (QED) is 0.458. The van der Waals surface area contributed by atoms with Crippen molar-refractivity contribution in [1.29, 1.82) is 0 Å². The van der Waals surface area contributed by atoms with Crippen molar-refractivity contribution in [2.24, 2.45) is 0 Å². The fourth-order valence-corrected chi connectivity index (χ4v) is 0.996. The third kappa shape index (κ3) is 2.26. The minimum atomic E-state index is -0.525. The molecular formula is C8H12O3. The zero-order valence-electron chi connectivity index (χ0n) is 6.58. The molecule has 0 aromatic rings. The summed E-state index contributed by atoms with van der Waals surface area (Å²) in [5, 5.41) is 0. The van der Waals surface area contributed by atoms with Crippen LogP contribution in [0.3, 0.4) is 0 Å². The van der Waals surface area contributed by atoms with Crippen molar-refractivity contribution in [1.82, 2.24) is 0 Å². The molecule has 0 unspecified atom stereocenters. The van der Waals surface area contributed by atoms with Crippen LogP contribution < -0.4 is 0 Å². The Hall–Kier alpha value is -0.990. The van der Waals surface area contributed by atoms with Gasteiger partial charge >= 0.3 is 0 Å². The molecule has 1 rings (SSSR count). The molecule has 0 fully saturated rings. The van der Waals surface area contributed by atoms with Crippen LogP contribution >= 0.6 is 0 Å². The van der Waals surface area contributed by atoms with E-state index in [2.05, 4.69) is 0 Å². The number of carbonyl (C=O) groups excluding carboxylic acids is 1. The Kier molecular flexibility index (Phi) is 2.52. The third-order valence-corrected chi connectivity index (χ3v) is 1.64. The Bertz CT molecular complexity index is 155. The summed E-state index contributed by atoms with van der Waals surface area (Å²) in [5.74, 6) is -0.525. The first-order chi connectivity index (χ1) is 5.27. The first-order valence-corrected chi connectivity index (χ1v) is 3.71. The highest BCUT2D eigenvalue weighted by Gasteiger charge is 2.28. The number of aldehydes is 1. The highest BCUT2D eigenvalue weighted by molar-refractivity contribution is 5.48. The van der Waals surface area contributed by atoms with E-state index in [9.17, 15) is 4.79 Å². The second-order valence-corrected chi connectivity index (χ2v) is 2.70. The van der Waals surface area contributed by atoms with Gasteiger partial charge in [0.05, 0.1) is 0 Å². The van der Waals surface area contributed by atoms with Crippen LogP contribution in [0.25, 0.3) is 0 Å². The number of unbranched alkanes of at least 4 members (excludes halogenated alkanes) is 1. The molecule has 1 heterocycles. The summed E-state index contributed by atoms with van der Waals surface area (Å²) in [4.78, 5) is 9.99. The van der Waals surface area contributed by atoms with Gasteiger partial charge < -0.3 is 14.3 Å². The van der Waals surface area contributed by atoms with Crippen molar-refractivity contribution in [3.05, 3.63) is 12.5 Å². The first-order valence-electron chi connectivity index (χ1n) is 3.71. The highest BCUT2D eigenvalue weighted by atomic mass is 16.7. The lowest BCUT2D eigenvalue weighted by Crippen LogP contribution is -2.24. The lowest BCUT2D eigenvalue weighted by atomic mass is 10.1. The van der Waals surface area contributed by atoms with Crippen molar-refractivity contribution < 1.29 is 14.3 Å². The lowest BCUT2D eigenvalue weighted by molar-refractivity contribution is -0.132. The Balaban J connectivity index is 2.19. The van der Waals surface area contributed by atoms with Gasteiger partial charge in [-0.1, -0.05) is 0 Å². The number of carbonyl (C=O) groups is 1. The normalized spacial score (nSPS) is 19.0. The summed E-state index contributed by atoms with van der Waals surface area (Å²) < 4.78 is 10.3. The van der Waals surface area contributed by atoms with Crippen molar-refractivity contribution in [3.63, 3.8) is 0 Å². The second kappa shape index (κ2) is 3.42. The van der Waals surface area contributed by atoms with Gasteiger partial charge in [0.2, 0.25) is 5.79 Å². The van der Waals surface area contributed by atoms with E-state index in [1.807, 2.05) is 6.92 Å². The maximum Gasteiger partial charge on any atom is 0.247 e. The molecule has 0 aromatic carbocycles. The summed E-state index contributed by atoms with van der Waals surface area (Å²) in [6.07, 6.45) is 6.09. The molecule has 0 N–H and O–H groups in total. The second-order valence-electron chi connectivity index (χ2n) is 2.70. The maximum absolute atomic E-state index is 9.99. The van der Waals surface area contributed by atoms with Gasteiger partial charge in [0.25, 0.3) is 0 Å². The van der Waals surface area contributed by atoms with E-state index < -0.39 is 5.79 Å². The smallest absolute Gasteiger partial charge is 0.247 e. The van der Waals surface area contributed by atoms with Crippen molar-refractivity contribution >= 4 is 6.29 Å². The monoisotopic (exact) mass is 156 g/mol. The number of rotatable bonds is 4. The van der Waals surface area contributed by atoms with E-state index in [1.165, 1.54) is 12.5 Å². The van der Waals surface area contributed by atoms with Crippen LogP contribution in [0.15, 0.2) is 12.5 Å². The van der Waals surface area contributed by atoms with Crippen LogP contribution in [0.5, 0.6) is 0 Å². The molecule has 1 aliphatic rings. The van der Waals surface area contributed by atoms with Crippen molar-refractivity contribution in [2.75, 3.05) is 0 Å². The molecule has 3 heteroatoms. The van der Waals surface area contributed by atoms with Crippen LogP contribution in [-0.4, -0.2) is 12.1 Å². The first kappa shape index (κ1) is 8.11. The third-order valence-electron chi connectivity index (χ3n) is 1.64. The van der Waals surface area contributed by atoms with E-state index >= 15 is 0 Å². The topological polar surface area (TPSA) is 35.5 Å². The van der Waals surface area contributed by atoms with E-state index in [0.29, 0.717) is 6.42 Å². The maximum atomic E-state index is 9.99. The molecule has 0 bridgehead atoms. The Morgan fingerprint density at radius 3 is 2.64 bits per heavy atom. The van der Waals surface area contributed by atoms with Crippen molar-refractivity contribution in [3.8, 4) is 0 Å². The average Bonchev–Trinajstić information content (AvgIpc) is 2.38. The minimum Gasteiger partial charge on any atom is -0.457 e. The van der Waals surface area contributed by atoms with E-state index in [4.69, 9.17) is 9.47 Å². The molecule has 3 nitrogen and oxygen atoms in total. The van der Waals surface area contributed by atoms with Crippen LogP contribution in [0, 0.1) is 0 Å². The van der Waals surface area contributed by atoms with Gasteiger partial charge in [0.15, 0.2) is 0 Å². The molecule has 0 saturated heterocycles. The highest BCUT2D eigenvalue weighted by Crippen LogP contribution is 2.24. The predicted molar refractivity (Wildman–Crippen MR) is 39.6 cm³/mol. The summed E-state index contributed by atoms with van der Waals surface area (Å²) >= 11 is 0. The van der Waals surface area contributed by atoms with E-state index in [-0.39, 0.29) is 0 Å². The molecule has 0 radical (unpaired) electrons. The predicted octanol–water partition coefficient (Wildman–Crippen LogP) is 1.59. The minimum absolute atomic E-state index is 0.525. The van der Waals surface area contributed by atoms with Gasteiger partial charge in [-0.2, -0.15) is 0 Å². The molecule has 0 saturated carbocycles.